The van der Waals surface area contributed by atoms with Crippen molar-refractivity contribution in [3.05, 3.63) is 77.1 Å². The lowest BCUT2D eigenvalue weighted by molar-refractivity contribution is 0.0783. The smallest absolute Gasteiger partial charge is 0.255 e. The highest BCUT2D eigenvalue weighted by Gasteiger charge is 2.29. The maximum atomic E-state index is 13.0. The predicted octanol–water partition coefficient (Wildman–Crippen LogP) is 3.75. The van der Waals surface area contributed by atoms with E-state index in [-0.39, 0.29) is 23.7 Å². The Balaban J connectivity index is 1.23. The van der Waals surface area contributed by atoms with E-state index in [1.54, 1.807) is 39.4 Å². The van der Waals surface area contributed by atoms with Gasteiger partial charge in [0.25, 0.3) is 11.8 Å². The molecule has 1 atom stereocenters. The Kier molecular flexibility index (Phi) is 6.08. The van der Waals surface area contributed by atoms with Crippen molar-refractivity contribution in [2.24, 2.45) is 7.05 Å². The number of benzene rings is 1. The number of anilines is 1. The number of hydrogen-bond acceptors (Lipinski definition) is 6. The molecule has 0 aliphatic carbocycles. The van der Waals surface area contributed by atoms with Gasteiger partial charge in [0.2, 0.25) is 0 Å². The molecule has 8 nitrogen and oxygen atoms in total. The summed E-state index contributed by atoms with van der Waals surface area (Å²) in [6.07, 6.45) is 5.87. The zero-order valence-corrected chi connectivity index (χ0v) is 20.4. The monoisotopic (exact) mass is 486 g/mol. The average molecular weight is 487 g/mol. The third kappa shape index (κ3) is 4.81. The maximum absolute atomic E-state index is 13.0. The van der Waals surface area contributed by atoms with Crippen LogP contribution in [-0.4, -0.2) is 50.6 Å². The topological polar surface area (TPSA) is 106 Å². The fourth-order valence-electron chi connectivity index (χ4n) is 4.25. The summed E-state index contributed by atoms with van der Waals surface area (Å²) in [7, 11) is 1.83. The van der Waals surface area contributed by atoms with Crippen LogP contribution in [0.3, 0.4) is 0 Å². The summed E-state index contributed by atoms with van der Waals surface area (Å²) >= 11 is 1.69. The number of aryl methyl sites for hydroxylation is 2. The van der Waals surface area contributed by atoms with Crippen LogP contribution in [0.5, 0.6) is 0 Å². The van der Waals surface area contributed by atoms with Gasteiger partial charge in [0, 0.05) is 60.1 Å². The largest absolute Gasteiger partial charge is 0.383 e. The standard InChI is InChI=1S/C26H26N6O2S/c1-16-9-23(35-15-16)17-3-5-18(6-4-17)26(34)32-8-7-21(14-32)30-25(33)22-10-19(11-28-24(22)27)20-12-29-31(2)13-20/h3-6,9-13,15,21H,7-8,14H2,1-2H3,(H2,27,28)(H,30,33)/t21-/m1/s1. The van der Waals surface area contributed by atoms with E-state index in [4.69, 9.17) is 5.73 Å². The van der Waals surface area contributed by atoms with Crippen molar-refractivity contribution in [2.75, 3.05) is 18.8 Å². The molecule has 0 unspecified atom stereocenters. The first-order valence-electron chi connectivity index (χ1n) is 11.4. The number of nitrogens with two attached hydrogens (primary N) is 1. The van der Waals surface area contributed by atoms with E-state index in [2.05, 4.69) is 33.8 Å². The van der Waals surface area contributed by atoms with Gasteiger partial charge < -0.3 is 16.0 Å². The molecular weight excluding hydrogens is 460 g/mol. The molecule has 3 aromatic heterocycles. The van der Waals surface area contributed by atoms with Crippen molar-refractivity contribution in [1.29, 1.82) is 0 Å². The number of nitrogen functional groups attached to an aromatic ring is 1. The molecule has 1 aliphatic heterocycles. The van der Waals surface area contributed by atoms with Crippen molar-refractivity contribution in [3.8, 4) is 21.6 Å². The van der Waals surface area contributed by atoms with Gasteiger partial charge in [-0.05, 0) is 54.1 Å². The lowest BCUT2D eigenvalue weighted by Gasteiger charge is -2.18. The number of aromatic nitrogens is 3. The van der Waals surface area contributed by atoms with E-state index < -0.39 is 0 Å². The van der Waals surface area contributed by atoms with Crippen LogP contribution >= 0.6 is 11.3 Å². The van der Waals surface area contributed by atoms with Crippen molar-refractivity contribution >= 4 is 29.0 Å². The van der Waals surface area contributed by atoms with Gasteiger partial charge in [-0.3, -0.25) is 14.3 Å². The van der Waals surface area contributed by atoms with Gasteiger partial charge in [-0.2, -0.15) is 5.10 Å². The normalized spacial score (nSPS) is 15.4. The van der Waals surface area contributed by atoms with Crippen molar-refractivity contribution in [2.45, 2.75) is 19.4 Å². The Morgan fingerprint density at radius 1 is 1.11 bits per heavy atom. The molecule has 0 spiro atoms. The third-order valence-electron chi connectivity index (χ3n) is 6.16. The Bertz CT molecular complexity index is 1390. The SMILES string of the molecule is Cc1csc(-c2ccc(C(=O)N3CC[C@@H](NC(=O)c4cc(-c5cnn(C)c5)cnc4N)C3)cc2)c1. The minimum Gasteiger partial charge on any atom is -0.383 e. The van der Waals surface area contributed by atoms with Crippen LogP contribution in [0.25, 0.3) is 21.6 Å². The lowest BCUT2D eigenvalue weighted by Crippen LogP contribution is -2.38. The Morgan fingerprint density at radius 2 is 1.91 bits per heavy atom. The summed E-state index contributed by atoms with van der Waals surface area (Å²) in [4.78, 5) is 33.2. The Hall–Kier alpha value is -3.98. The molecule has 3 N–H and O–H groups in total. The van der Waals surface area contributed by atoms with Gasteiger partial charge in [-0.1, -0.05) is 12.1 Å². The number of thiophene rings is 1. The molecule has 4 heterocycles. The number of likely N-dealkylation sites (tertiary alicyclic amines) is 1. The highest BCUT2D eigenvalue weighted by molar-refractivity contribution is 7.13. The van der Waals surface area contributed by atoms with Crippen LogP contribution in [0.2, 0.25) is 0 Å². The van der Waals surface area contributed by atoms with Crippen LogP contribution < -0.4 is 11.1 Å². The van der Waals surface area contributed by atoms with Crippen LogP contribution in [0, 0.1) is 6.92 Å². The molecular formula is C26H26N6O2S. The summed E-state index contributed by atoms with van der Waals surface area (Å²) in [5.74, 6) is -0.159. The van der Waals surface area contributed by atoms with E-state index >= 15 is 0 Å². The Morgan fingerprint density at radius 3 is 2.60 bits per heavy atom. The van der Waals surface area contributed by atoms with E-state index in [9.17, 15) is 9.59 Å². The average Bonchev–Trinajstić information content (AvgIpc) is 3.60. The van der Waals surface area contributed by atoms with Crippen molar-refractivity contribution < 1.29 is 9.59 Å². The zero-order chi connectivity index (χ0) is 24.5. The molecule has 35 heavy (non-hydrogen) atoms. The summed E-state index contributed by atoms with van der Waals surface area (Å²) in [5.41, 5.74) is 10.9. The second-order valence-corrected chi connectivity index (χ2v) is 9.75. The van der Waals surface area contributed by atoms with Gasteiger partial charge >= 0.3 is 0 Å². The molecule has 9 heteroatoms. The first-order chi connectivity index (χ1) is 16.9. The fraction of sp³-hybridized carbons (Fsp3) is 0.231. The number of pyridine rings is 1. The van der Waals surface area contributed by atoms with Crippen LogP contribution in [0.1, 0.15) is 32.7 Å². The number of carbonyl (C=O) groups excluding carboxylic acids is 2. The van der Waals surface area contributed by atoms with Gasteiger partial charge in [0.15, 0.2) is 0 Å². The minimum absolute atomic E-state index is 0.0320. The molecule has 1 fully saturated rings. The number of rotatable bonds is 5. The predicted molar refractivity (Wildman–Crippen MR) is 137 cm³/mol. The van der Waals surface area contributed by atoms with Gasteiger partial charge in [0.05, 0.1) is 11.8 Å². The molecule has 1 saturated heterocycles. The quantitative estimate of drug-likeness (QED) is 0.447. The summed E-state index contributed by atoms with van der Waals surface area (Å²) < 4.78 is 1.69. The Labute approximate surface area is 207 Å². The molecule has 0 saturated carbocycles. The molecule has 0 bridgehead atoms. The van der Waals surface area contributed by atoms with E-state index in [1.165, 1.54) is 10.4 Å². The molecule has 1 aromatic carbocycles. The lowest BCUT2D eigenvalue weighted by atomic mass is 10.1. The third-order valence-corrected chi connectivity index (χ3v) is 7.26. The van der Waals surface area contributed by atoms with Crippen LogP contribution in [-0.2, 0) is 7.05 Å². The molecule has 2 amide bonds. The number of hydrogen-bond donors (Lipinski definition) is 2. The summed E-state index contributed by atoms with van der Waals surface area (Å²) in [6.45, 7) is 3.11. The van der Waals surface area contributed by atoms with Crippen molar-refractivity contribution in [1.82, 2.24) is 25.0 Å². The molecule has 4 aromatic rings. The first-order valence-corrected chi connectivity index (χ1v) is 12.3. The van der Waals surface area contributed by atoms with Gasteiger partial charge in [-0.25, -0.2) is 4.98 Å². The first kappa shape index (κ1) is 22.8. The zero-order valence-electron chi connectivity index (χ0n) is 19.6. The summed E-state index contributed by atoms with van der Waals surface area (Å²) in [5, 5.41) is 9.30. The van der Waals surface area contributed by atoms with Gasteiger partial charge in [-0.15, -0.1) is 11.3 Å². The van der Waals surface area contributed by atoms with E-state index in [0.29, 0.717) is 30.6 Å². The summed E-state index contributed by atoms with van der Waals surface area (Å²) in [6, 6.07) is 11.4. The number of amides is 2. The second-order valence-electron chi connectivity index (χ2n) is 8.84. The second kappa shape index (κ2) is 9.34. The molecule has 1 aliphatic rings. The maximum Gasteiger partial charge on any atom is 0.255 e. The van der Waals surface area contributed by atoms with Gasteiger partial charge in [0.1, 0.15) is 5.82 Å². The molecule has 178 valence electrons. The molecule has 5 rings (SSSR count). The number of carbonyl (C=O) groups is 2. The van der Waals surface area contributed by atoms with E-state index in [0.717, 1.165) is 16.7 Å². The van der Waals surface area contributed by atoms with Crippen molar-refractivity contribution in [3.63, 3.8) is 0 Å². The van der Waals surface area contributed by atoms with Crippen LogP contribution in [0.4, 0.5) is 5.82 Å². The minimum atomic E-state index is -0.296. The highest BCUT2D eigenvalue weighted by atomic mass is 32.1. The fourth-order valence-corrected chi connectivity index (χ4v) is 5.16. The van der Waals surface area contributed by atoms with Crippen LogP contribution in [0.15, 0.2) is 60.4 Å². The number of nitrogens with one attached hydrogen (secondary N) is 1. The van der Waals surface area contributed by atoms with E-state index in [1.807, 2.05) is 37.5 Å². The molecule has 0 radical (unpaired) electrons. The number of nitrogens with zero attached hydrogens (tertiary/aromatic N) is 4. The highest BCUT2D eigenvalue weighted by Crippen LogP contribution is 2.27.